The van der Waals surface area contributed by atoms with Gasteiger partial charge in [-0.05, 0) is 18.6 Å². The quantitative estimate of drug-likeness (QED) is 0.860. The molecule has 0 aliphatic heterocycles. The van der Waals surface area contributed by atoms with Crippen LogP contribution in [0.3, 0.4) is 0 Å². The highest BCUT2D eigenvalue weighted by Crippen LogP contribution is 2.27. The number of nitrogens with zero attached hydrogens (tertiary/aromatic N) is 3. The molecular formula is C13H14ClN3O2S. The number of pyridine rings is 1. The molecule has 0 amide bonds. The molecule has 0 unspecified atom stereocenters. The third kappa shape index (κ3) is 3.13. The Morgan fingerprint density at radius 2 is 2.25 bits per heavy atom. The van der Waals surface area contributed by atoms with Crippen LogP contribution in [0.15, 0.2) is 23.4 Å². The maximum absolute atomic E-state index is 10.7. The minimum Gasteiger partial charge on any atom is -0.478 e. The van der Waals surface area contributed by atoms with Crippen LogP contribution in [-0.4, -0.2) is 25.8 Å². The second-order valence-corrected chi connectivity index (χ2v) is 5.54. The molecule has 1 N–H and O–H groups in total. The van der Waals surface area contributed by atoms with Crippen LogP contribution in [0.2, 0.25) is 5.02 Å². The van der Waals surface area contributed by atoms with E-state index >= 15 is 0 Å². The maximum atomic E-state index is 10.7. The number of carbonyl (C=O) groups is 1. The van der Waals surface area contributed by atoms with Gasteiger partial charge < -0.3 is 5.11 Å². The van der Waals surface area contributed by atoms with Crippen LogP contribution in [-0.2, 0) is 19.2 Å². The molecule has 106 valence electrons. The molecule has 0 aromatic carbocycles. The van der Waals surface area contributed by atoms with Crippen LogP contribution in [0.4, 0.5) is 0 Å². The fourth-order valence-electron chi connectivity index (χ4n) is 1.71. The third-order valence-electron chi connectivity index (χ3n) is 2.84. The van der Waals surface area contributed by atoms with Gasteiger partial charge >= 0.3 is 5.97 Å². The van der Waals surface area contributed by atoms with Crippen molar-refractivity contribution < 1.29 is 9.90 Å². The molecule has 2 heterocycles. The molecule has 5 nitrogen and oxygen atoms in total. The second-order valence-electron chi connectivity index (χ2n) is 4.16. The highest BCUT2D eigenvalue weighted by Gasteiger charge is 2.13. The summed E-state index contributed by atoms with van der Waals surface area (Å²) in [5.74, 6) is -0.335. The summed E-state index contributed by atoms with van der Waals surface area (Å²) in [6.45, 7) is 2.01. The number of rotatable bonds is 5. The number of halogens is 1. The molecule has 0 radical (unpaired) electrons. The summed E-state index contributed by atoms with van der Waals surface area (Å²) in [6.07, 6.45) is 2.15. The number of carboxylic acid groups (broad SMARTS) is 1. The van der Waals surface area contributed by atoms with Gasteiger partial charge in [0.1, 0.15) is 0 Å². The summed E-state index contributed by atoms with van der Waals surface area (Å²) >= 11 is 7.76. The molecule has 0 aliphatic carbocycles. The Kier molecular flexibility index (Phi) is 4.67. The lowest BCUT2D eigenvalue weighted by atomic mass is 10.3. The summed E-state index contributed by atoms with van der Waals surface area (Å²) in [5.41, 5.74) is 2.01. The molecule has 0 atom stereocenters. The van der Waals surface area contributed by atoms with Gasteiger partial charge in [0.2, 0.25) is 0 Å². The number of hydrogen-bond acceptors (Lipinski definition) is 4. The largest absolute Gasteiger partial charge is 0.478 e. The molecule has 20 heavy (non-hydrogen) atoms. The van der Waals surface area contributed by atoms with E-state index in [2.05, 4.69) is 10.1 Å². The normalized spacial score (nSPS) is 10.8. The standard InChI is InChI=1S/C13H14ClN3O2S/c1-3-9-12(14)10(17(2)16-9)7-20-11-5-4-8(6-15-11)13(18)19/h4-6H,3,7H2,1-2H3,(H,18,19). The van der Waals surface area contributed by atoms with Gasteiger partial charge in [-0.2, -0.15) is 5.10 Å². The fraction of sp³-hybridized carbons (Fsp3) is 0.308. The van der Waals surface area contributed by atoms with Crippen molar-refractivity contribution in [1.82, 2.24) is 14.8 Å². The molecule has 0 spiro atoms. The molecular weight excluding hydrogens is 298 g/mol. The number of carboxylic acids is 1. The van der Waals surface area contributed by atoms with Crippen molar-refractivity contribution in [1.29, 1.82) is 0 Å². The topological polar surface area (TPSA) is 68.0 Å². The number of hydrogen-bond donors (Lipinski definition) is 1. The van der Waals surface area contributed by atoms with Crippen LogP contribution < -0.4 is 0 Å². The van der Waals surface area contributed by atoms with Gasteiger partial charge in [0, 0.05) is 19.0 Å². The Hall–Kier alpha value is -1.53. The molecule has 2 rings (SSSR count). The Morgan fingerprint density at radius 1 is 1.50 bits per heavy atom. The zero-order chi connectivity index (χ0) is 14.7. The predicted molar refractivity (Wildman–Crippen MR) is 78.4 cm³/mol. The van der Waals surface area contributed by atoms with Gasteiger partial charge in [-0.15, -0.1) is 0 Å². The van der Waals surface area contributed by atoms with Crippen molar-refractivity contribution in [2.75, 3.05) is 0 Å². The van der Waals surface area contributed by atoms with E-state index in [1.54, 1.807) is 16.8 Å². The first-order valence-electron chi connectivity index (χ1n) is 6.05. The first kappa shape index (κ1) is 14.9. The smallest absolute Gasteiger partial charge is 0.337 e. The van der Waals surface area contributed by atoms with Gasteiger partial charge in [0.15, 0.2) is 0 Å². The van der Waals surface area contributed by atoms with E-state index in [9.17, 15) is 4.79 Å². The Bertz CT molecular complexity index is 625. The Balaban J connectivity index is 2.09. The maximum Gasteiger partial charge on any atom is 0.337 e. The van der Waals surface area contributed by atoms with Gasteiger partial charge in [-0.1, -0.05) is 30.3 Å². The molecule has 7 heteroatoms. The van der Waals surface area contributed by atoms with Crippen molar-refractivity contribution in [2.45, 2.75) is 24.1 Å². The van der Waals surface area contributed by atoms with Gasteiger partial charge in [-0.3, -0.25) is 4.68 Å². The highest BCUT2D eigenvalue weighted by molar-refractivity contribution is 7.98. The van der Waals surface area contributed by atoms with E-state index in [-0.39, 0.29) is 5.56 Å². The first-order chi connectivity index (χ1) is 9.52. The van der Waals surface area contributed by atoms with Gasteiger partial charge in [-0.25, -0.2) is 9.78 Å². The molecule has 0 saturated carbocycles. The minimum absolute atomic E-state index is 0.182. The fourth-order valence-corrected chi connectivity index (χ4v) is 3.06. The number of aromatic carboxylic acids is 1. The monoisotopic (exact) mass is 311 g/mol. The van der Waals surface area contributed by atoms with Crippen molar-refractivity contribution in [3.8, 4) is 0 Å². The summed E-state index contributed by atoms with van der Waals surface area (Å²) in [7, 11) is 1.86. The highest BCUT2D eigenvalue weighted by atomic mass is 35.5. The van der Waals surface area contributed by atoms with E-state index < -0.39 is 5.97 Å². The summed E-state index contributed by atoms with van der Waals surface area (Å²) in [4.78, 5) is 14.9. The average Bonchev–Trinajstić information content (AvgIpc) is 2.71. The first-order valence-corrected chi connectivity index (χ1v) is 7.41. The van der Waals surface area contributed by atoms with E-state index in [0.717, 1.165) is 22.8 Å². The zero-order valence-corrected chi connectivity index (χ0v) is 12.7. The van der Waals surface area contributed by atoms with Crippen molar-refractivity contribution in [3.05, 3.63) is 40.3 Å². The van der Waals surface area contributed by atoms with Crippen molar-refractivity contribution >= 4 is 29.3 Å². The average molecular weight is 312 g/mol. The number of thioether (sulfide) groups is 1. The summed E-state index contributed by atoms with van der Waals surface area (Å²) < 4.78 is 1.78. The van der Waals surface area contributed by atoms with Crippen molar-refractivity contribution in [2.24, 2.45) is 7.05 Å². The molecule has 0 bridgehead atoms. The Labute approximate surface area is 126 Å². The zero-order valence-electron chi connectivity index (χ0n) is 11.1. The molecule has 0 aliphatic rings. The number of aryl methyl sites for hydroxylation is 2. The van der Waals surface area contributed by atoms with Crippen LogP contribution in [0, 0.1) is 0 Å². The van der Waals surface area contributed by atoms with E-state index in [4.69, 9.17) is 16.7 Å². The summed E-state index contributed by atoms with van der Waals surface area (Å²) in [5, 5.41) is 14.6. The molecule has 2 aromatic rings. The van der Waals surface area contributed by atoms with Gasteiger partial charge in [0.05, 0.1) is 27.0 Å². The van der Waals surface area contributed by atoms with E-state index in [1.807, 2.05) is 14.0 Å². The lowest BCUT2D eigenvalue weighted by molar-refractivity contribution is 0.0696. The van der Waals surface area contributed by atoms with E-state index in [0.29, 0.717) is 10.8 Å². The summed E-state index contributed by atoms with van der Waals surface area (Å²) in [6, 6.07) is 3.24. The van der Waals surface area contributed by atoms with Crippen LogP contribution in [0.1, 0.15) is 28.7 Å². The lowest BCUT2D eigenvalue weighted by Gasteiger charge is -2.03. The predicted octanol–water partition coefficient (Wildman–Crippen LogP) is 3.02. The van der Waals surface area contributed by atoms with Crippen LogP contribution in [0.5, 0.6) is 0 Å². The van der Waals surface area contributed by atoms with Crippen LogP contribution in [0.25, 0.3) is 0 Å². The van der Waals surface area contributed by atoms with Crippen LogP contribution >= 0.6 is 23.4 Å². The van der Waals surface area contributed by atoms with Gasteiger partial charge in [0.25, 0.3) is 0 Å². The third-order valence-corrected chi connectivity index (χ3v) is 4.23. The lowest BCUT2D eigenvalue weighted by Crippen LogP contribution is -1.98. The second kappa shape index (κ2) is 6.28. The molecule has 2 aromatic heterocycles. The molecule has 0 saturated heterocycles. The van der Waals surface area contributed by atoms with E-state index in [1.165, 1.54) is 18.0 Å². The minimum atomic E-state index is -0.976. The number of aromatic nitrogens is 3. The molecule has 0 fully saturated rings. The Morgan fingerprint density at radius 3 is 2.75 bits per heavy atom. The van der Waals surface area contributed by atoms with Crippen molar-refractivity contribution in [3.63, 3.8) is 0 Å². The SMILES string of the molecule is CCc1nn(C)c(CSc2ccc(C(=O)O)cn2)c1Cl.